The number of carbonyl (C=O) groups is 1. The minimum atomic E-state index is -0.743. The molecule has 0 atom stereocenters. The van der Waals surface area contributed by atoms with Gasteiger partial charge in [0.15, 0.2) is 0 Å². The fourth-order valence-corrected chi connectivity index (χ4v) is 3.80. The van der Waals surface area contributed by atoms with E-state index in [4.69, 9.17) is 8.83 Å². The van der Waals surface area contributed by atoms with Crippen molar-refractivity contribution in [1.82, 2.24) is 10.2 Å². The Morgan fingerprint density at radius 2 is 1.81 bits per heavy atom. The summed E-state index contributed by atoms with van der Waals surface area (Å²) in [6, 6.07) is 20.3. The molecule has 0 fully saturated rings. The number of hydrogen-bond acceptors (Lipinski definition) is 7. The second-order valence-corrected chi connectivity index (χ2v) is 7.62. The Bertz CT molecular complexity index is 1510. The highest BCUT2D eigenvalue weighted by Crippen LogP contribution is 2.26. The molecule has 2 heterocycles. The molecule has 1 N–H and O–H groups in total. The fraction of sp³-hybridized carbons (Fsp3) is 0.0435. The van der Waals surface area contributed by atoms with Crippen molar-refractivity contribution >= 4 is 45.4 Å². The van der Waals surface area contributed by atoms with Crippen LogP contribution < -0.4 is 10.9 Å². The molecule has 5 rings (SSSR count). The predicted octanol–water partition coefficient (Wildman–Crippen LogP) is 4.97. The normalized spacial score (nSPS) is 11.1. The Balaban J connectivity index is 1.48. The van der Waals surface area contributed by atoms with Crippen LogP contribution in [0.5, 0.6) is 0 Å². The molecule has 0 aliphatic rings. The van der Waals surface area contributed by atoms with Gasteiger partial charge in [0.2, 0.25) is 5.89 Å². The first-order chi connectivity index (χ1) is 15.1. The summed E-state index contributed by atoms with van der Waals surface area (Å²) in [5.41, 5.74) is 0.256. The van der Waals surface area contributed by atoms with Gasteiger partial charge in [-0.1, -0.05) is 41.5 Å². The van der Waals surface area contributed by atoms with Crippen molar-refractivity contribution in [2.24, 2.45) is 0 Å². The first-order valence-electron chi connectivity index (χ1n) is 9.37. The molecule has 3 aromatic carbocycles. The number of hydrogen-bond donors (Lipinski definition) is 1. The van der Waals surface area contributed by atoms with Crippen molar-refractivity contribution in [3.8, 4) is 11.5 Å². The third kappa shape index (κ3) is 3.57. The van der Waals surface area contributed by atoms with E-state index in [1.54, 1.807) is 17.8 Å². The molecule has 31 heavy (non-hydrogen) atoms. The highest BCUT2D eigenvalue weighted by Gasteiger charge is 2.18. The second-order valence-electron chi connectivity index (χ2n) is 6.74. The molecule has 0 saturated heterocycles. The van der Waals surface area contributed by atoms with Gasteiger partial charge in [0.1, 0.15) is 11.1 Å². The Hall–Kier alpha value is -3.91. The first-order valence-corrected chi connectivity index (χ1v) is 10.6. The Labute approximate surface area is 180 Å². The van der Waals surface area contributed by atoms with Crippen molar-refractivity contribution in [3.63, 3.8) is 0 Å². The molecule has 0 aliphatic heterocycles. The first kappa shape index (κ1) is 19.1. The average Bonchev–Trinajstić information content (AvgIpc) is 3.27. The van der Waals surface area contributed by atoms with Crippen molar-refractivity contribution in [2.75, 3.05) is 11.6 Å². The number of nitrogens with zero attached hydrogens (tertiary/aromatic N) is 2. The topological polar surface area (TPSA) is 98.2 Å². The van der Waals surface area contributed by atoms with E-state index >= 15 is 0 Å². The van der Waals surface area contributed by atoms with Crippen LogP contribution in [0.1, 0.15) is 10.4 Å². The van der Waals surface area contributed by atoms with Crippen LogP contribution in [-0.4, -0.2) is 22.4 Å². The summed E-state index contributed by atoms with van der Waals surface area (Å²) >= 11 is 1.59. The summed E-state index contributed by atoms with van der Waals surface area (Å²) in [6.07, 6.45) is 1.97. The summed E-state index contributed by atoms with van der Waals surface area (Å²) in [7, 11) is 0. The standard InChI is InChI=1S/C23H15N3O4S/c1-31-15-7-4-6-14(11-15)21-25-26-23(30-21)24-20(27)18-12-17-16-8-3-2-5-13(16)9-10-19(17)29-22(18)28/h2-12H,1H3,(H,24,26,27). The van der Waals surface area contributed by atoms with Crippen molar-refractivity contribution in [1.29, 1.82) is 0 Å². The quantitative estimate of drug-likeness (QED) is 0.245. The molecule has 5 aromatic rings. The van der Waals surface area contributed by atoms with Crippen molar-refractivity contribution in [3.05, 3.63) is 82.7 Å². The van der Waals surface area contributed by atoms with Gasteiger partial charge in [-0.2, -0.15) is 0 Å². The number of carbonyl (C=O) groups excluding carboxylic acids is 1. The second kappa shape index (κ2) is 7.73. The molecule has 2 aromatic heterocycles. The van der Waals surface area contributed by atoms with Crippen molar-refractivity contribution in [2.45, 2.75) is 4.90 Å². The van der Waals surface area contributed by atoms with E-state index < -0.39 is 11.5 Å². The van der Waals surface area contributed by atoms with Gasteiger partial charge >= 0.3 is 11.6 Å². The summed E-state index contributed by atoms with van der Waals surface area (Å²) in [6.45, 7) is 0. The fourth-order valence-electron chi connectivity index (χ4n) is 3.34. The van der Waals surface area contributed by atoms with Gasteiger partial charge in [-0.05, 0) is 47.4 Å². The average molecular weight is 429 g/mol. The minimum Gasteiger partial charge on any atom is -0.422 e. The van der Waals surface area contributed by atoms with Gasteiger partial charge in [-0.25, -0.2) is 4.79 Å². The third-order valence-electron chi connectivity index (χ3n) is 4.85. The summed E-state index contributed by atoms with van der Waals surface area (Å²) in [4.78, 5) is 26.2. The maximum absolute atomic E-state index is 12.8. The Kier molecular flexibility index (Phi) is 4.76. The van der Waals surface area contributed by atoms with E-state index in [1.165, 1.54) is 6.07 Å². The number of thioether (sulfide) groups is 1. The van der Waals surface area contributed by atoms with Gasteiger partial charge in [0.25, 0.3) is 5.91 Å². The zero-order chi connectivity index (χ0) is 21.4. The number of rotatable bonds is 4. The van der Waals surface area contributed by atoms with Crippen LogP contribution in [0.2, 0.25) is 0 Å². The minimum absolute atomic E-state index is 0.105. The summed E-state index contributed by atoms with van der Waals surface area (Å²) in [5, 5.41) is 12.9. The van der Waals surface area contributed by atoms with E-state index in [9.17, 15) is 9.59 Å². The van der Waals surface area contributed by atoms with Gasteiger partial charge in [0.05, 0.1) is 0 Å². The number of benzene rings is 3. The lowest BCUT2D eigenvalue weighted by molar-refractivity contribution is 0.102. The lowest BCUT2D eigenvalue weighted by Crippen LogP contribution is -2.20. The number of amides is 1. The summed E-state index contributed by atoms with van der Waals surface area (Å²) in [5.74, 6) is -0.417. The number of nitrogens with one attached hydrogen (secondary N) is 1. The lowest BCUT2D eigenvalue weighted by Gasteiger charge is -2.05. The zero-order valence-corrected chi connectivity index (χ0v) is 17.1. The van der Waals surface area contributed by atoms with Crippen LogP contribution in [0.3, 0.4) is 0 Å². The number of aromatic nitrogens is 2. The van der Waals surface area contributed by atoms with Gasteiger partial charge < -0.3 is 8.83 Å². The Morgan fingerprint density at radius 1 is 0.935 bits per heavy atom. The lowest BCUT2D eigenvalue weighted by atomic mass is 10.0. The van der Waals surface area contributed by atoms with Gasteiger partial charge in [0, 0.05) is 15.8 Å². The van der Waals surface area contributed by atoms with E-state index in [-0.39, 0.29) is 17.5 Å². The van der Waals surface area contributed by atoms with E-state index in [1.807, 2.05) is 60.9 Å². The van der Waals surface area contributed by atoms with Crippen LogP contribution in [0.25, 0.3) is 33.2 Å². The maximum Gasteiger partial charge on any atom is 0.349 e. The molecule has 7 nitrogen and oxygen atoms in total. The van der Waals surface area contributed by atoms with Crippen LogP contribution in [0.15, 0.2) is 85.3 Å². The molecule has 1 amide bonds. The van der Waals surface area contributed by atoms with Gasteiger partial charge in [-0.3, -0.25) is 10.1 Å². The monoisotopic (exact) mass is 429 g/mol. The highest BCUT2D eigenvalue weighted by atomic mass is 32.2. The molecule has 0 radical (unpaired) electrons. The van der Waals surface area contributed by atoms with E-state index in [0.717, 1.165) is 21.2 Å². The van der Waals surface area contributed by atoms with Crippen molar-refractivity contribution < 1.29 is 13.6 Å². The molecule has 0 bridgehead atoms. The number of fused-ring (bicyclic) bond motifs is 3. The van der Waals surface area contributed by atoms with Crippen LogP contribution in [-0.2, 0) is 0 Å². The molecule has 0 aliphatic carbocycles. The molecule has 152 valence electrons. The van der Waals surface area contributed by atoms with Crippen LogP contribution in [0.4, 0.5) is 6.01 Å². The SMILES string of the molecule is CSc1cccc(-c2nnc(NC(=O)c3cc4c(ccc5ccccc54)oc3=O)o2)c1. The molecule has 0 unspecified atom stereocenters. The number of anilines is 1. The summed E-state index contributed by atoms with van der Waals surface area (Å²) < 4.78 is 10.9. The van der Waals surface area contributed by atoms with Crippen LogP contribution >= 0.6 is 11.8 Å². The largest absolute Gasteiger partial charge is 0.422 e. The van der Waals surface area contributed by atoms with E-state index in [2.05, 4.69) is 15.5 Å². The van der Waals surface area contributed by atoms with Gasteiger partial charge in [-0.15, -0.1) is 16.9 Å². The highest BCUT2D eigenvalue weighted by molar-refractivity contribution is 7.98. The molecular weight excluding hydrogens is 414 g/mol. The maximum atomic E-state index is 12.8. The predicted molar refractivity (Wildman–Crippen MR) is 119 cm³/mol. The zero-order valence-electron chi connectivity index (χ0n) is 16.3. The smallest absolute Gasteiger partial charge is 0.349 e. The van der Waals surface area contributed by atoms with E-state index in [0.29, 0.717) is 11.0 Å². The Morgan fingerprint density at radius 3 is 2.68 bits per heavy atom. The molecule has 8 heteroatoms. The molecular formula is C23H15N3O4S. The van der Waals surface area contributed by atoms with Crippen LogP contribution in [0, 0.1) is 0 Å². The molecule has 0 spiro atoms. The third-order valence-corrected chi connectivity index (χ3v) is 5.57. The molecule has 0 saturated carbocycles.